The molecule has 1 N–H and O–H groups in total. The second-order valence-electron chi connectivity index (χ2n) is 5.39. The van der Waals surface area contributed by atoms with Gasteiger partial charge in [-0.2, -0.15) is 0 Å². The van der Waals surface area contributed by atoms with Crippen molar-refractivity contribution < 1.29 is 9.59 Å². The predicted molar refractivity (Wildman–Crippen MR) is 92.2 cm³/mol. The van der Waals surface area contributed by atoms with Crippen molar-refractivity contribution in [3.8, 4) is 0 Å². The number of nitrogens with one attached hydrogen (secondary N) is 1. The molecule has 0 saturated carbocycles. The molecule has 0 spiro atoms. The lowest BCUT2D eigenvalue weighted by Gasteiger charge is -2.27. The molecule has 7 heteroatoms. The summed E-state index contributed by atoms with van der Waals surface area (Å²) < 4.78 is 1.32. The third kappa shape index (κ3) is 3.68. The van der Waals surface area contributed by atoms with E-state index in [0.717, 1.165) is 0 Å². The molecular formula is C17H20N4O3. The summed E-state index contributed by atoms with van der Waals surface area (Å²) in [5.74, 6) is -0.259. The van der Waals surface area contributed by atoms with Crippen LogP contribution < -0.4 is 15.8 Å². The number of carbonyl (C=O) groups excluding carboxylic acids is 2. The third-order valence-electron chi connectivity index (χ3n) is 3.20. The van der Waals surface area contributed by atoms with Crippen LogP contribution in [0.25, 0.3) is 0 Å². The first-order valence-electron chi connectivity index (χ1n) is 7.71. The summed E-state index contributed by atoms with van der Waals surface area (Å²) in [6, 6.07) is 6.12. The van der Waals surface area contributed by atoms with Gasteiger partial charge in [0.15, 0.2) is 5.82 Å². The molecule has 3 rings (SSSR count). The zero-order valence-electron chi connectivity index (χ0n) is 13.9. The first kappa shape index (κ1) is 17.4. The molecule has 2 aromatic rings. The van der Waals surface area contributed by atoms with E-state index >= 15 is 0 Å². The fraction of sp³-hybridized carbons (Fsp3) is 0.294. The van der Waals surface area contributed by atoms with Gasteiger partial charge in [0.05, 0.1) is 11.3 Å². The van der Waals surface area contributed by atoms with E-state index in [4.69, 9.17) is 0 Å². The third-order valence-corrected chi connectivity index (χ3v) is 3.20. The highest BCUT2D eigenvalue weighted by molar-refractivity contribution is 6.14. The number of amides is 2. The van der Waals surface area contributed by atoms with Gasteiger partial charge in [-0.25, -0.2) is 4.98 Å². The Balaban J connectivity index is 0.000000647. The minimum absolute atomic E-state index is 0.105. The average molecular weight is 328 g/mol. The zero-order valence-corrected chi connectivity index (χ0v) is 13.9. The fourth-order valence-electron chi connectivity index (χ4n) is 2.16. The maximum atomic E-state index is 12.6. The molecule has 126 valence electrons. The van der Waals surface area contributed by atoms with Gasteiger partial charge in [-0.1, -0.05) is 20.3 Å². The Hall–Kier alpha value is -2.96. The van der Waals surface area contributed by atoms with Crippen molar-refractivity contribution in [3.05, 3.63) is 52.6 Å². The number of nitrogens with zero attached hydrogens (tertiary/aromatic N) is 3. The molecule has 3 heterocycles. The lowest BCUT2D eigenvalue weighted by atomic mass is 10.2. The van der Waals surface area contributed by atoms with E-state index < -0.39 is 0 Å². The van der Waals surface area contributed by atoms with E-state index in [9.17, 15) is 14.4 Å². The highest BCUT2D eigenvalue weighted by atomic mass is 16.2. The molecule has 0 fully saturated rings. The van der Waals surface area contributed by atoms with Crippen molar-refractivity contribution in [1.29, 1.82) is 0 Å². The Morgan fingerprint density at radius 2 is 1.96 bits per heavy atom. The number of carbonyl (C=O) groups is 2. The van der Waals surface area contributed by atoms with Crippen LogP contribution in [0.15, 0.2) is 41.5 Å². The Labute approximate surface area is 139 Å². The molecule has 0 atom stereocenters. The van der Waals surface area contributed by atoms with Gasteiger partial charge in [0.25, 0.3) is 5.91 Å². The van der Waals surface area contributed by atoms with E-state index in [0.29, 0.717) is 17.1 Å². The molecule has 2 aromatic heterocycles. The molecule has 7 nitrogen and oxygen atoms in total. The molecule has 0 bridgehead atoms. The monoisotopic (exact) mass is 328 g/mol. The lowest BCUT2D eigenvalue weighted by Crippen LogP contribution is -2.43. The maximum absolute atomic E-state index is 12.6. The van der Waals surface area contributed by atoms with Crippen molar-refractivity contribution in [2.75, 3.05) is 16.8 Å². The number of rotatable bonds is 1. The van der Waals surface area contributed by atoms with Crippen LogP contribution in [0.5, 0.6) is 0 Å². The number of anilines is 2. The standard InChI is InChI=1S/C14H12N4O3.C3H8/c1-17-7-9(4-5-12(17)20)14(21)18-8-11(19)16-10-3-2-6-15-13(10)18;1-3-2/h2-7H,8H2,1H3,(H,16,19);3H2,1-2H3. The molecule has 0 aliphatic carbocycles. The van der Waals surface area contributed by atoms with Gasteiger partial charge in [0, 0.05) is 25.5 Å². The number of aryl methyl sites for hydroxylation is 1. The molecule has 0 unspecified atom stereocenters. The minimum atomic E-state index is -0.375. The minimum Gasteiger partial charge on any atom is -0.321 e. The predicted octanol–water partition coefficient (Wildman–Crippen LogP) is 1.80. The second-order valence-corrected chi connectivity index (χ2v) is 5.39. The summed E-state index contributed by atoms with van der Waals surface area (Å²) in [5, 5.41) is 2.67. The van der Waals surface area contributed by atoms with Crippen LogP contribution in [-0.2, 0) is 11.8 Å². The van der Waals surface area contributed by atoms with Crippen LogP contribution in [-0.4, -0.2) is 27.9 Å². The smallest absolute Gasteiger partial charge is 0.261 e. The van der Waals surface area contributed by atoms with Gasteiger partial charge >= 0.3 is 0 Å². The summed E-state index contributed by atoms with van der Waals surface area (Å²) in [7, 11) is 1.56. The van der Waals surface area contributed by atoms with E-state index in [2.05, 4.69) is 24.1 Å². The molecule has 1 aliphatic heterocycles. The molecule has 1 aliphatic rings. The molecular weight excluding hydrogens is 308 g/mol. The highest BCUT2D eigenvalue weighted by Crippen LogP contribution is 2.27. The van der Waals surface area contributed by atoms with Crippen LogP contribution in [0.4, 0.5) is 11.5 Å². The van der Waals surface area contributed by atoms with Crippen LogP contribution in [0.2, 0.25) is 0 Å². The number of hydrogen-bond donors (Lipinski definition) is 1. The van der Waals surface area contributed by atoms with E-state index in [-0.39, 0.29) is 23.9 Å². The van der Waals surface area contributed by atoms with Crippen LogP contribution in [0.1, 0.15) is 30.6 Å². The van der Waals surface area contributed by atoms with Gasteiger partial charge in [0.2, 0.25) is 11.5 Å². The van der Waals surface area contributed by atoms with Crippen LogP contribution in [0, 0.1) is 0 Å². The average Bonchev–Trinajstić information content (AvgIpc) is 2.56. The van der Waals surface area contributed by atoms with Gasteiger partial charge in [0.1, 0.15) is 6.54 Å². The van der Waals surface area contributed by atoms with E-state index in [1.165, 1.54) is 34.2 Å². The van der Waals surface area contributed by atoms with Crippen molar-refractivity contribution in [3.63, 3.8) is 0 Å². The Kier molecular flexibility index (Phi) is 5.47. The summed E-state index contributed by atoms with van der Waals surface area (Å²) in [4.78, 5) is 41.1. The largest absolute Gasteiger partial charge is 0.321 e. The van der Waals surface area contributed by atoms with Crippen LogP contribution in [0.3, 0.4) is 0 Å². The maximum Gasteiger partial charge on any atom is 0.261 e. The number of pyridine rings is 2. The van der Waals surface area contributed by atoms with Crippen molar-refractivity contribution >= 4 is 23.3 Å². The molecule has 0 saturated heterocycles. The zero-order chi connectivity index (χ0) is 17.7. The Morgan fingerprint density at radius 1 is 1.25 bits per heavy atom. The van der Waals surface area contributed by atoms with E-state index in [1.807, 2.05) is 0 Å². The topological polar surface area (TPSA) is 84.3 Å². The fourth-order valence-corrected chi connectivity index (χ4v) is 2.16. The molecule has 24 heavy (non-hydrogen) atoms. The quantitative estimate of drug-likeness (QED) is 0.865. The number of fused-ring (bicyclic) bond motifs is 1. The summed E-state index contributed by atoms with van der Waals surface area (Å²) in [5.41, 5.74) is 0.608. The van der Waals surface area contributed by atoms with Crippen LogP contribution >= 0.6 is 0 Å². The first-order valence-corrected chi connectivity index (χ1v) is 7.71. The van der Waals surface area contributed by atoms with Gasteiger partial charge in [-0.05, 0) is 18.2 Å². The van der Waals surface area contributed by atoms with Crippen molar-refractivity contribution in [2.45, 2.75) is 20.3 Å². The van der Waals surface area contributed by atoms with Gasteiger partial charge < -0.3 is 9.88 Å². The summed E-state index contributed by atoms with van der Waals surface area (Å²) >= 11 is 0. The summed E-state index contributed by atoms with van der Waals surface area (Å²) in [6.07, 6.45) is 4.25. The molecule has 2 amide bonds. The first-order chi connectivity index (χ1) is 11.5. The van der Waals surface area contributed by atoms with Gasteiger partial charge in [-0.3, -0.25) is 19.3 Å². The number of hydrogen-bond acceptors (Lipinski definition) is 4. The second kappa shape index (κ2) is 7.54. The normalized spacial score (nSPS) is 12.6. The SMILES string of the molecule is CCC.Cn1cc(C(=O)N2CC(=O)Nc3cccnc32)ccc1=O. The van der Waals surface area contributed by atoms with Gasteiger partial charge in [-0.15, -0.1) is 0 Å². The van der Waals surface area contributed by atoms with Crippen molar-refractivity contribution in [1.82, 2.24) is 9.55 Å². The Morgan fingerprint density at radius 3 is 2.62 bits per heavy atom. The summed E-state index contributed by atoms with van der Waals surface area (Å²) in [6.45, 7) is 4.14. The number of aromatic nitrogens is 2. The molecule has 0 aromatic carbocycles. The van der Waals surface area contributed by atoms with Crippen molar-refractivity contribution in [2.24, 2.45) is 7.05 Å². The lowest BCUT2D eigenvalue weighted by molar-refractivity contribution is -0.115. The highest BCUT2D eigenvalue weighted by Gasteiger charge is 2.28. The Bertz CT molecular complexity index is 813. The van der Waals surface area contributed by atoms with E-state index in [1.54, 1.807) is 25.4 Å². The molecule has 0 radical (unpaired) electrons.